The molecule has 194 valence electrons. The van der Waals surface area contributed by atoms with Crippen molar-refractivity contribution in [2.45, 2.75) is 4.90 Å². The molecular weight excluding hydrogens is 546 g/mol. The molecule has 0 fully saturated rings. The SMILES string of the molecule is O=[N+]([O-])c1ccc2c(N=Nc3cc(N=Nc4cc(Cl)ccc4O)c(O)cc3O)c(O)cc(S(=O)(=O)O)c2c1. The van der Waals surface area contributed by atoms with Crippen molar-refractivity contribution in [1.82, 2.24) is 0 Å². The first-order chi connectivity index (χ1) is 17.8. The molecule has 14 nitrogen and oxygen atoms in total. The summed E-state index contributed by atoms with van der Waals surface area (Å²) in [7, 11) is -4.90. The largest absolute Gasteiger partial charge is 0.506 e. The maximum absolute atomic E-state index is 11.8. The number of benzene rings is 4. The molecule has 16 heteroatoms. The average Bonchev–Trinajstić information content (AvgIpc) is 2.84. The Morgan fingerprint density at radius 3 is 1.92 bits per heavy atom. The summed E-state index contributed by atoms with van der Waals surface area (Å²) in [5.74, 6) is -2.07. The Morgan fingerprint density at radius 2 is 1.32 bits per heavy atom. The van der Waals surface area contributed by atoms with Gasteiger partial charge in [0, 0.05) is 46.1 Å². The molecule has 4 rings (SSSR count). The van der Waals surface area contributed by atoms with Gasteiger partial charge in [-0.3, -0.25) is 14.7 Å². The fourth-order valence-electron chi connectivity index (χ4n) is 3.29. The number of phenols is 4. The van der Waals surface area contributed by atoms with Crippen molar-refractivity contribution < 1.29 is 38.3 Å². The van der Waals surface area contributed by atoms with Crippen molar-refractivity contribution in [1.29, 1.82) is 0 Å². The van der Waals surface area contributed by atoms with Gasteiger partial charge in [0.2, 0.25) is 0 Å². The van der Waals surface area contributed by atoms with E-state index in [9.17, 15) is 43.5 Å². The van der Waals surface area contributed by atoms with Crippen LogP contribution in [0.4, 0.5) is 28.4 Å². The minimum Gasteiger partial charge on any atom is -0.506 e. The van der Waals surface area contributed by atoms with Gasteiger partial charge in [0.15, 0.2) is 0 Å². The molecule has 0 atom stereocenters. The van der Waals surface area contributed by atoms with Crippen LogP contribution in [-0.2, 0) is 10.1 Å². The monoisotopic (exact) mass is 559 g/mol. The third-order valence-corrected chi connectivity index (χ3v) is 6.18. The lowest BCUT2D eigenvalue weighted by molar-refractivity contribution is -0.384. The second kappa shape index (κ2) is 9.89. The number of nitro benzene ring substituents is 1. The van der Waals surface area contributed by atoms with Crippen molar-refractivity contribution in [2.24, 2.45) is 20.5 Å². The lowest BCUT2D eigenvalue weighted by Crippen LogP contribution is -2.00. The molecule has 0 spiro atoms. The fraction of sp³-hybridized carbons (Fsp3) is 0. The van der Waals surface area contributed by atoms with Crippen LogP contribution in [0.2, 0.25) is 5.02 Å². The number of nitrogens with zero attached hydrogens (tertiary/aromatic N) is 5. The second-order valence-corrected chi connectivity index (χ2v) is 9.39. The summed E-state index contributed by atoms with van der Waals surface area (Å²) < 4.78 is 33.2. The minimum absolute atomic E-state index is 0.0161. The summed E-state index contributed by atoms with van der Waals surface area (Å²) in [5, 5.41) is 66.8. The van der Waals surface area contributed by atoms with Crippen LogP contribution in [0.3, 0.4) is 0 Å². The minimum atomic E-state index is -4.90. The summed E-state index contributed by atoms with van der Waals surface area (Å²) in [6.45, 7) is 0. The number of phenolic OH excluding ortho intramolecular Hbond substituents is 4. The molecule has 0 aliphatic heterocycles. The smallest absolute Gasteiger partial charge is 0.295 e. The van der Waals surface area contributed by atoms with E-state index in [4.69, 9.17) is 11.6 Å². The molecule has 0 bridgehead atoms. The van der Waals surface area contributed by atoms with Crippen molar-refractivity contribution in [3.63, 3.8) is 0 Å². The summed E-state index contributed by atoms with van der Waals surface area (Å²) in [6.07, 6.45) is 0. The highest BCUT2D eigenvalue weighted by Crippen LogP contribution is 2.44. The molecule has 0 saturated heterocycles. The van der Waals surface area contributed by atoms with Crippen molar-refractivity contribution in [3.8, 4) is 23.0 Å². The van der Waals surface area contributed by atoms with Crippen LogP contribution in [0.1, 0.15) is 0 Å². The Balaban J connectivity index is 1.81. The van der Waals surface area contributed by atoms with E-state index in [-0.39, 0.29) is 44.3 Å². The zero-order valence-corrected chi connectivity index (χ0v) is 20.2. The Morgan fingerprint density at radius 1 is 0.711 bits per heavy atom. The van der Waals surface area contributed by atoms with Gasteiger partial charge < -0.3 is 20.4 Å². The Bertz CT molecular complexity index is 1790. The summed E-state index contributed by atoms with van der Waals surface area (Å²) in [4.78, 5) is 9.58. The highest BCUT2D eigenvalue weighted by atomic mass is 35.5. The number of azo groups is 2. The van der Waals surface area contributed by atoms with E-state index in [1.807, 2.05) is 0 Å². The molecule has 4 aromatic carbocycles. The number of hydrogen-bond donors (Lipinski definition) is 5. The van der Waals surface area contributed by atoms with Gasteiger partial charge in [0.1, 0.15) is 50.6 Å². The Kier molecular flexibility index (Phi) is 6.82. The van der Waals surface area contributed by atoms with Gasteiger partial charge in [-0.1, -0.05) is 11.6 Å². The number of hydrogen-bond acceptors (Lipinski definition) is 12. The topological polar surface area (TPSA) is 228 Å². The molecule has 0 radical (unpaired) electrons. The molecule has 0 amide bonds. The molecule has 0 aromatic heterocycles. The average molecular weight is 560 g/mol. The number of halogens is 1. The first kappa shape index (κ1) is 26.2. The van der Waals surface area contributed by atoms with Gasteiger partial charge in [-0.25, -0.2) is 0 Å². The van der Waals surface area contributed by atoms with Crippen LogP contribution < -0.4 is 0 Å². The molecule has 4 aromatic rings. The van der Waals surface area contributed by atoms with Crippen LogP contribution in [0, 0.1) is 10.1 Å². The first-order valence-electron chi connectivity index (χ1n) is 10.1. The summed E-state index contributed by atoms with van der Waals surface area (Å²) >= 11 is 5.86. The number of nitro groups is 1. The van der Waals surface area contributed by atoms with Gasteiger partial charge in [0.25, 0.3) is 15.8 Å². The van der Waals surface area contributed by atoms with Gasteiger partial charge in [-0.05, 0) is 24.3 Å². The molecule has 5 N–H and O–H groups in total. The van der Waals surface area contributed by atoms with Crippen LogP contribution in [0.25, 0.3) is 10.8 Å². The van der Waals surface area contributed by atoms with E-state index in [2.05, 4.69) is 20.5 Å². The maximum atomic E-state index is 11.8. The number of rotatable bonds is 6. The molecule has 38 heavy (non-hydrogen) atoms. The van der Waals surface area contributed by atoms with Gasteiger partial charge in [0.05, 0.1) is 4.92 Å². The predicted octanol–water partition coefficient (Wildman–Crippen LogP) is 6.30. The highest BCUT2D eigenvalue weighted by Gasteiger charge is 2.22. The first-order valence-corrected chi connectivity index (χ1v) is 12.0. The molecule has 0 heterocycles. The maximum Gasteiger partial charge on any atom is 0.295 e. The van der Waals surface area contributed by atoms with Crippen molar-refractivity contribution in [3.05, 3.63) is 69.7 Å². The fourth-order valence-corrected chi connectivity index (χ4v) is 4.16. The molecular formula is C22H14ClN5O9S. The van der Waals surface area contributed by atoms with Gasteiger partial charge in [-0.15, -0.1) is 20.5 Å². The highest BCUT2D eigenvalue weighted by molar-refractivity contribution is 7.86. The Hall–Kier alpha value is -4.86. The Labute approximate surface area is 217 Å². The molecule has 0 aliphatic rings. The third-order valence-electron chi connectivity index (χ3n) is 5.06. The van der Waals surface area contributed by atoms with Crippen LogP contribution >= 0.6 is 11.6 Å². The number of non-ortho nitro benzene ring substituents is 1. The van der Waals surface area contributed by atoms with Gasteiger partial charge >= 0.3 is 0 Å². The van der Waals surface area contributed by atoms with E-state index >= 15 is 0 Å². The second-order valence-electron chi connectivity index (χ2n) is 7.57. The summed E-state index contributed by atoms with van der Waals surface area (Å²) in [5.41, 5.74) is -1.34. The van der Waals surface area contributed by atoms with E-state index in [0.29, 0.717) is 6.07 Å². The van der Waals surface area contributed by atoms with Crippen LogP contribution in [0.5, 0.6) is 23.0 Å². The number of aromatic hydroxyl groups is 4. The lowest BCUT2D eigenvalue weighted by Gasteiger charge is -2.09. The number of fused-ring (bicyclic) bond motifs is 1. The zero-order valence-electron chi connectivity index (χ0n) is 18.6. The van der Waals surface area contributed by atoms with Crippen molar-refractivity contribution in [2.75, 3.05) is 0 Å². The van der Waals surface area contributed by atoms with E-state index < -0.39 is 42.9 Å². The molecule has 0 saturated carbocycles. The van der Waals surface area contributed by atoms with E-state index in [1.54, 1.807) is 0 Å². The van der Waals surface area contributed by atoms with Gasteiger partial charge in [-0.2, -0.15) is 8.42 Å². The third kappa shape index (κ3) is 5.29. The predicted molar refractivity (Wildman–Crippen MR) is 133 cm³/mol. The zero-order chi connectivity index (χ0) is 27.8. The summed E-state index contributed by atoms with van der Waals surface area (Å²) in [6, 6.07) is 9.60. The standard InChI is InChI=1S/C22H14ClN5O9S/c23-10-1-4-17(29)14(5-10)24-25-15-7-16(19(31)8-18(15)30)26-27-22-12-3-2-11(28(33)34)6-13(12)21(9-20(22)32)38(35,36)37/h1-9,29-32H,(H,35,36,37). The van der Waals surface area contributed by atoms with Crippen molar-refractivity contribution >= 4 is 60.9 Å². The normalized spacial score (nSPS) is 12.1. The quantitative estimate of drug-likeness (QED) is 0.0770. The van der Waals surface area contributed by atoms with Crippen LogP contribution in [-0.4, -0.2) is 38.3 Å². The van der Waals surface area contributed by atoms with Crippen LogP contribution in [0.15, 0.2) is 79.9 Å². The van der Waals surface area contributed by atoms with E-state index in [0.717, 1.165) is 30.3 Å². The van der Waals surface area contributed by atoms with E-state index in [1.165, 1.54) is 18.2 Å². The molecule has 0 unspecified atom stereocenters. The lowest BCUT2D eigenvalue weighted by atomic mass is 10.1. The molecule has 0 aliphatic carbocycles.